The monoisotopic (exact) mass is 296 g/mol. The van der Waals surface area contributed by atoms with Gasteiger partial charge in [0.05, 0.1) is 5.69 Å². The molecule has 1 aliphatic heterocycles. The van der Waals surface area contributed by atoms with Crippen molar-refractivity contribution in [3.05, 3.63) is 28.2 Å². The third-order valence-corrected chi connectivity index (χ3v) is 4.26. The van der Waals surface area contributed by atoms with Crippen LogP contribution in [0.1, 0.15) is 38.3 Å². The molecular formula is C14H21BrN2. The van der Waals surface area contributed by atoms with Crippen molar-refractivity contribution in [1.82, 2.24) is 0 Å². The van der Waals surface area contributed by atoms with Crippen LogP contribution in [0.4, 0.5) is 5.69 Å². The lowest BCUT2D eigenvalue weighted by Gasteiger charge is -2.33. The lowest BCUT2D eigenvalue weighted by Crippen LogP contribution is -2.33. The summed E-state index contributed by atoms with van der Waals surface area (Å²) in [6, 6.07) is 6.58. The Morgan fingerprint density at radius 1 is 1.35 bits per heavy atom. The second-order valence-corrected chi connectivity index (χ2v) is 6.02. The lowest BCUT2D eigenvalue weighted by molar-refractivity contribution is 0.438. The summed E-state index contributed by atoms with van der Waals surface area (Å²) in [6.45, 7) is 6.68. The normalized spacial score (nSPS) is 19.4. The number of anilines is 1. The fraction of sp³-hybridized carbons (Fsp3) is 0.571. The largest absolute Gasteiger partial charge is 0.371 e. The van der Waals surface area contributed by atoms with Gasteiger partial charge in [-0.05, 0) is 59.3 Å². The molecular weight excluding hydrogens is 276 g/mol. The van der Waals surface area contributed by atoms with Gasteiger partial charge in [0, 0.05) is 23.6 Å². The maximum absolute atomic E-state index is 5.89. The Hall–Kier alpha value is -0.540. The summed E-state index contributed by atoms with van der Waals surface area (Å²) in [5.41, 5.74) is 8.39. The Labute approximate surface area is 112 Å². The highest BCUT2D eigenvalue weighted by Crippen LogP contribution is 2.31. The van der Waals surface area contributed by atoms with Gasteiger partial charge in [0.1, 0.15) is 0 Å². The molecule has 2 nitrogen and oxygen atoms in total. The average Bonchev–Trinajstić information content (AvgIpc) is 2.30. The zero-order valence-corrected chi connectivity index (χ0v) is 12.2. The Morgan fingerprint density at radius 2 is 2.00 bits per heavy atom. The molecule has 0 bridgehead atoms. The fourth-order valence-corrected chi connectivity index (χ4v) is 2.96. The van der Waals surface area contributed by atoms with Crippen LogP contribution in [-0.4, -0.2) is 13.1 Å². The molecule has 1 fully saturated rings. The van der Waals surface area contributed by atoms with Crippen LogP contribution in [0.25, 0.3) is 0 Å². The maximum Gasteiger partial charge on any atom is 0.0510 e. The van der Waals surface area contributed by atoms with Crippen molar-refractivity contribution in [3.8, 4) is 0 Å². The zero-order valence-electron chi connectivity index (χ0n) is 10.6. The van der Waals surface area contributed by atoms with Crippen LogP contribution < -0.4 is 10.6 Å². The van der Waals surface area contributed by atoms with Crippen LogP contribution >= 0.6 is 15.9 Å². The van der Waals surface area contributed by atoms with Gasteiger partial charge in [-0.15, -0.1) is 0 Å². The van der Waals surface area contributed by atoms with Crippen LogP contribution in [0.2, 0.25) is 0 Å². The molecule has 1 aliphatic rings. The predicted octanol–water partition coefficient (Wildman–Crippen LogP) is 3.71. The molecule has 0 aromatic heterocycles. The molecule has 2 rings (SSSR count). The van der Waals surface area contributed by atoms with E-state index in [1.54, 1.807) is 0 Å². The number of nitrogens with zero attached hydrogens (tertiary/aromatic N) is 1. The summed E-state index contributed by atoms with van der Waals surface area (Å²) in [5, 5.41) is 0. The first-order valence-corrected chi connectivity index (χ1v) is 7.17. The molecule has 1 saturated heterocycles. The van der Waals surface area contributed by atoms with E-state index in [1.165, 1.54) is 28.6 Å². The topological polar surface area (TPSA) is 29.3 Å². The Morgan fingerprint density at radius 3 is 2.53 bits per heavy atom. The molecule has 17 heavy (non-hydrogen) atoms. The van der Waals surface area contributed by atoms with E-state index in [0.717, 1.165) is 19.0 Å². The van der Waals surface area contributed by atoms with Gasteiger partial charge in [-0.3, -0.25) is 0 Å². The minimum Gasteiger partial charge on any atom is -0.371 e. The minimum atomic E-state index is 0.0988. The average molecular weight is 297 g/mol. The molecule has 3 heteroatoms. The van der Waals surface area contributed by atoms with Crippen molar-refractivity contribution in [2.24, 2.45) is 11.7 Å². The highest BCUT2D eigenvalue weighted by molar-refractivity contribution is 9.10. The van der Waals surface area contributed by atoms with Gasteiger partial charge < -0.3 is 10.6 Å². The quantitative estimate of drug-likeness (QED) is 0.901. The van der Waals surface area contributed by atoms with Crippen LogP contribution in [0, 0.1) is 5.92 Å². The van der Waals surface area contributed by atoms with Gasteiger partial charge in [0.15, 0.2) is 0 Å². The van der Waals surface area contributed by atoms with E-state index >= 15 is 0 Å². The summed E-state index contributed by atoms with van der Waals surface area (Å²) < 4.78 is 1.17. The van der Waals surface area contributed by atoms with E-state index in [0.29, 0.717) is 0 Å². The van der Waals surface area contributed by atoms with Gasteiger partial charge in [0.25, 0.3) is 0 Å². The SMILES string of the molecule is CC1CCN(c2ccc([C@@H](C)N)cc2Br)CC1. The second-order valence-electron chi connectivity index (χ2n) is 5.17. The molecule has 0 saturated carbocycles. The molecule has 0 aliphatic carbocycles. The number of rotatable bonds is 2. The molecule has 0 amide bonds. The van der Waals surface area contributed by atoms with E-state index in [-0.39, 0.29) is 6.04 Å². The second kappa shape index (κ2) is 5.40. The number of benzene rings is 1. The molecule has 0 spiro atoms. The van der Waals surface area contributed by atoms with Crippen molar-refractivity contribution < 1.29 is 0 Å². The number of halogens is 1. The third kappa shape index (κ3) is 3.02. The van der Waals surface area contributed by atoms with Crippen LogP contribution in [0.15, 0.2) is 22.7 Å². The summed E-state index contributed by atoms with van der Waals surface area (Å²) in [6.07, 6.45) is 2.59. The molecule has 2 N–H and O–H groups in total. The van der Waals surface area contributed by atoms with Crippen molar-refractivity contribution in [2.45, 2.75) is 32.7 Å². The first-order chi connectivity index (χ1) is 8.08. The van der Waals surface area contributed by atoms with E-state index in [1.807, 2.05) is 6.92 Å². The molecule has 1 aromatic rings. The maximum atomic E-state index is 5.89. The Balaban J connectivity index is 2.16. The molecule has 94 valence electrons. The number of hydrogen-bond acceptors (Lipinski definition) is 2. The van der Waals surface area contributed by atoms with Gasteiger partial charge >= 0.3 is 0 Å². The molecule has 1 aromatic carbocycles. The summed E-state index contributed by atoms with van der Waals surface area (Å²) >= 11 is 3.67. The van der Waals surface area contributed by atoms with E-state index in [4.69, 9.17) is 5.73 Å². The van der Waals surface area contributed by atoms with Crippen LogP contribution in [0.5, 0.6) is 0 Å². The van der Waals surface area contributed by atoms with E-state index in [2.05, 4.69) is 46.0 Å². The van der Waals surface area contributed by atoms with Crippen LogP contribution in [-0.2, 0) is 0 Å². The molecule has 0 unspecified atom stereocenters. The summed E-state index contributed by atoms with van der Waals surface area (Å²) in [4.78, 5) is 2.47. The Kier molecular flexibility index (Phi) is 4.10. The third-order valence-electron chi connectivity index (χ3n) is 3.62. The van der Waals surface area contributed by atoms with Crippen LogP contribution in [0.3, 0.4) is 0 Å². The predicted molar refractivity (Wildman–Crippen MR) is 77.4 cm³/mol. The van der Waals surface area contributed by atoms with Crippen molar-refractivity contribution >= 4 is 21.6 Å². The number of hydrogen-bond donors (Lipinski definition) is 1. The van der Waals surface area contributed by atoms with Crippen molar-refractivity contribution in [3.63, 3.8) is 0 Å². The fourth-order valence-electron chi connectivity index (χ4n) is 2.31. The van der Waals surface area contributed by atoms with Crippen molar-refractivity contribution in [2.75, 3.05) is 18.0 Å². The standard InChI is InChI=1S/C14H21BrN2/c1-10-5-7-17(8-6-10)14-4-3-12(11(2)16)9-13(14)15/h3-4,9-11H,5-8,16H2,1-2H3/t11-/m1/s1. The lowest BCUT2D eigenvalue weighted by atomic mass is 9.98. The molecule has 1 heterocycles. The highest BCUT2D eigenvalue weighted by atomic mass is 79.9. The van der Waals surface area contributed by atoms with E-state index < -0.39 is 0 Å². The molecule has 0 radical (unpaired) electrons. The first kappa shape index (κ1) is 12.9. The minimum absolute atomic E-state index is 0.0988. The van der Waals surface area contributed by atoms with E-state index in [9.17, 15) is 0 Å². The van der Waals surface area contributed by atoms with Gasteiger partial charge in [-0.1, -0.05) is 13.0 Å². The van der Waals surface area contributed by atoms with Gasteiger partial charge in [-0.2, -0.15) is 0 Å². The summed E-state index contributed by atoms with van der Waals surface area (Å²) in [5.74, 6) is 0.869. The summed E-state index contributed by atoms with van der Waals surface area (Å²) in [7, 11) is 0. The van der Waals surface area contributed by atoms with Gasteiger partial charge in [0.2, 0.25) is 0 Å². The smallest absolute Gasteiger partial charge is 0.0510 e. The van der Waals surface area contributed by atoms with Crippen molar-refractivity contribution in [1.29, 1.82) is 0 Å². The van der Waals surface area contributed by atoms with Gasteiger partial charge in [-0.25, -0.2) is 0 Å². The number of piperidine rings is 1. The zero-order chi connectivity index (χ0) is 12.4. The Bertz CT molecular complexity index is 382. The number of nitrogens with two attached hydrogens (primary N) is 1. The molecule has 1 atom stereocenters. The highest BCUT2D eigenvalue weighted by Gasteiger charge is 2.18. The first-order valence-electron chi connectivity index (χ1n) is 6.38.